The first-order valence-electron chi connectivity index (χ1n) is 8.25. The van der Waals surface area contributed by atoms with Crippen molar-refractivity contribution >= 4 is 33.9 Å². The van der Waals surface area contributed by atoms with Crippen molar-refractivity contribution in [2.45, 2.75) is 12.8 Å². The molecule has 132 valence electrons. The summed E-state index contributed by atoms with van der Waals surface area (Å²) < 4.78 is 0. The summed E-state index contributed by atoms with van der Waals surface area (Å²) in [6, 6.07) is 15.6. The van der Waals surface area contributed by atoms with Gasteiger partial charge in [0.1, 0.15) is 0 Å². The molecule has 0 aliphatic carbocycles. The lowest BCUT2D eigenvalue weighted by Gasteiger charge is -2.08. The molecule has 0 spiro atoms. The number of benzene rings is 2. The van der Waals surface area contributed by atoms with Gasteiger partial charge in [0, 0.05) is 48.1 Å². The first-order valence-corrected chi connectivity index (χ1v) is 8.25. The lowest BCUT2D eigenvalue weighted by atomic mass is 10.2. The average molecular weight is 350 g/mol. The highest BCUT2D eigenvalue weighted by atomic mass is 16.6. The number of carbonyl (C=O) groups excluding carboxylic acids is 1. The topological polar surface area (TPSA) is 97.2 Å². The number of carbonyl (C=O) groups is 1. The third kappa shape index (κ3) is 4.54. The normalized spacial score (nSPS) is 10.5. The number of nitrogens with zero attached hydrogens (tertiary/aromatic N) is 2. The second-order valence-corrected chi connectivity index (χ2v) is 5.79. The van der Waals surface area contributed by atoms with Gasteiger partial charge in [0.05, 0.1) is 10.4 Å². The number of nitro benzene ring substituents is 1. The lowest BCUT2D eigenvalue weighted by Crippen LogP contribution is -2.13. The molecule has 2 aromatic carbocycles. The average Bonchev–Trinajstić information content (AvgIpc) is 2.65. The van der Waals surface area contributed by atoms with Crippen molar-refractivity contribution in [1.82, 2.24) is 4.98 Å². The van der Waals surface area contributed by atoms with Gasteiger partial charge in [0.15, 0.2) is 0 Å². The summed E-state index contributed by atoms with van der Waals surface area (Å²) >= 11 is 0. The first-order chi connectivity index (χ1) is 12.6. The zero-order valence-corrected chi connectivity index (χ0v) is 14.0. The standard InChI is InChI=1S/C19H18N4O3/c24-19(22-16-7-10-18-14(13-16)3-1-12-21-18)4-2-11-20-15-5-8-17(9-6-15)23(25)26/h1,3,5-10,12-13,20H,2,4,11H2,(H,22,24). The van der Waals surface area contributed by atoms with Crippen molar-refractivity contribution in [3.05, 3.63) is 70.9 Å². The minimum absolute atomic E-state index is 0.0560. The van der Waals surface area contributed by atoms with E-state index in [-0.39, 0.29) is 11.6 Å². The summed E-state index contributed by atoms with van der Waals surface area (Å²) in [6.07, 6.45) is 2.77. The highest BCUT2D eigenvalue weighted by Gasteiger charge is 2.05. The maximum atomic E-state index is 12.1. The molecule has 0 bridgehead atoms. The number of nitro groups is 1. The van der Waals surface area contributed by atoms with Crippen LogP contribution in [-0.4, -0.2) is 22.4 Å². The van der Waals surface area contributed by atoms with Crippen molar-refractivity contribution in [1.29, 1.82) is 0 Å². The molecule has 0 aliphatic heterocycles. The number of fused-ring (bicyclic) bond motifs is 1. The van der Waals surface area contributed by atoms with E-state index in [0.717, 1.165) is 22.3 Å². The van der Waals surface area contributed by atoms with Crippen LogP contribution in [0.2, 0.25) is 0 Å². The summed E-state index contributed by atoms with van der Waals surface area (Å²) in [4.78, 5) is 26.5. The molecule has 0 saturated heterocycles. The van der Waals surface area contributed by atoms with Crippen LogP contribution in [0, 0.1) is 10.1 Å². The van der Waals surface area contributed by atoms with E-state index in [1.54, 1.807) is 18.3 Å². The van der Waals surface area contributed by atoms with Crippen LogP contribution in [0.25, 0.3) is 10.9 Å². The third-order valence-electron chi connectivity index (χ3n) is 3.87. The van der Waals surface area contributed by atoms with E-state index in [4.69, 9.17) is 0 Å². The minimum atomic E-state index is -0.434. The molecule has 0 unspecified atom stereocenters. The molecule has 0 atom stereocenters. The monoisotopic (exact) mass is 350 g/mol. The van der Waals surface area contributed by atoms with Crippen LogP contribution in [0.4, 0.5) is 17.1 Å². The van der Waals surface area contributed by atoms with Gasteiger partial charge in [-0.25, -0.2) is 0 Å². The molecule has 1 heterocycles. The van der Waals surface area contributed by atoms with Gasteiger partial charge in [-0.3, -0.25) is 19.9 Å². The smallest absolute Gasteiger partial charge is 0.269 e. The van der Waals surface area contributed by atoms with Gasteiger partial charge in [-0.2, -0.15) is 0 Å². The van der Waals surface area contributed by atoms with E-state index < -0.39 is 4.92 Å². The zero-order valence-electron chi connectivity index (χ0n) is 14.0. The van der Waals surface area contributed by atoms with Gasteiger partial charge >= 0.3 is 0 Å². The molecule has 0 radical (unpaired) electrons. The Hall–Kier alpha value is -3.48. The number of amides is 1. The molecular formula is C19H18N4O3. The molecule has 0 fully saturated rings. The Labute approximate surface area is 150 Å². The molecule has 3 aromatic rings. The fourth-order valence-electron chi connectivity index (χ4n) is 2.56. The van der Waals surface area contributed by atoms with Crippen molar-refractivity contribution in [3.63, 3.8) is 0 Å². The Morgan fingerprint density at radius 2 is 1.85 bits per heavy atom. The van der Waals surface area contributed by atoms with Gasteiger partial charge in [-0.15, -0.1) is 0 Å². The molecule has 0 aliphatic rings. The van der Waals surface area contributed by atoms with Crippen molar-refractivity contribution in [3.8, 4) is 0 Å². The van der Waals surface area contributed by atoms with Crippen LogP contribution in [0.5, 0.6) is 0 Å². The summed E-state index contributed by atoms with van der Waals surface area (Å²) in [5.74, 6) is -0.0567. The van der Waals surface area contributed by atoms with Gasteiger partial charge in [0.25, 0.3) is 5.69 Å². The number of non-ortho nitro benzene ring substituents is 1. The summed E-state index contributed by atoms with van der Waals surface area (Å²) in [6.45, 7) is 0.604. The van der Waals surface area contributed by atoms with Gasteiger partial charge in [0.2, 0.25) is 5.91 Å². The summed E-state index contributed by atoms with van der Waals surface area (Å²) in [5, 5.41) is 17.6. The van der Waals surface area contributed by atoms with Crippen molar-refractivity contribution < 1.29 is 9.72 Å². The molecule has 26 heavy (non-hydrogen) atoms. The Balaban J connectivity index is 1.44. The number of pyridine rings is 1. The first kappa shape index (κ1) is 17.3. The summed E-state index contributed by atoms with van der Waals surface area (Å²) in [7, 11) is 0. The second kappa shape index (κ2) is 8.06. The molecule has 7 heteroatoms. The van der Waals surface area contributed by atoms with Crippen LogP contribution in [0.3, 0.4) is 0 Å². The second-order valence-electron chi connectivity index (χ2n) is 5.79. The highest BCUT2D eigenvalue weighted by Crippen LogP contribution is 2.18. The van der Waals surface area contributed by atoms with Crippen LogP contribution >= 0.6 is 0 Å². The molecule has 3 rings (SSSR count). The summed E-state index contributed by atoms with van der Waals surface area (Å²) in [5.41, 5.74) is 2.48. The predicted octanol–water partition coefficient (Wildman–Crippen LogP) is 3.97. The van der Waals surface area contributed by atoms with E-state index in [1.165, 1.54) is 12.1 Å². The molecule has 0 saturated carbocycles. The van der Waals surface area contributed by atoms with Gasteiger partial charge in [-0.05, 0) is 42.8 Å². The van der Waals surface area contributed by atoms with Crippen LogP contribution in [0.1, 0.15) is 12.8 Å². The molecule has 2 N–H and O–H groups in total. The van der Waals surface area contributed by atoms with Crippen LogP contribution in [-0.2, 0) is 4.79 Å². The quantitative estimate of drug-likeness (QED) is 0.382. The largest absolute Gasteiger partial charge is 0.385 e. The number of hydrogen-bond acceptors (Lipinski definition) is 5. The van der Waals surface area contributed by atoms with E-state index in [0.29, 0.717) is 19.4 Å². The Kier molecular flexibility index (Phi) is 5.38. The number of anilines is 2. The highest BCUT2D eigenvalue weighted by molar-refractivity contribution is 5.93. The SMILES string of the molecule is O=C(CCCNc1ccc([N+](=O)[O-])cc1)Nc1ccc2ncccc2c1. The van der Waals surface area contributed by atoms with E-state index >= 15 is 0 Å². The number of hydrogen-bond donors (Lipinski definition) is 2. The van der Waals surface area contributed by atoms with Crippen LogP contribution in [0.15, 0.2) is 60.8 Å². The Morgan fingerprint density at radius 1 is 1.08 bits per heavy atom. The van der Waals surface area contributed by atoms with E-state index in [2.05, 4.69) is 15.6 Å². The molecule has 1 aromatic heterocycles. The molecular weight excluding hydrogens is 332 g/mol. The van der Waals surface area contributed by atoms with E-state index in [1.807, 2.05) is 30.3 Å². The fraction of sp³-hybridized carbons (Fsp3) is 0.158. The fourth-order valence-corrected chi connectivity index (χ4v) is 2.56. The maximum absolute atomic E-state index is 12.1. The lowest BCUT2D eigenvalue weighted by molar-refractivity contribution is -0.384. The number of rotatable bonds is 7. The third-order valence-corrected chi connectivity index (χ3v) is 3.87. The van der Waals surface area contributed by atoms with Gasteiger partial charge < -0.3 is 10.6 Å². The molecule has 7 nitrogen and oxygen atoms in total. The Morgan fingerprint density at radius 3 is 2.62 bits per heavy atom. The zero-order chi connectivity index (χ0) is 18.4. The minimum Gasteiger partial charge on any atom is -0.385 e. The van der Waals surface area contributed by atoms with Crippen molar-refractivity contribution in [2.75, 3.05) is 17.2 Å². The maximum Gasteiger partial charge on any atom is 0.269 e. The predicted molar refractivity (Wildman–Crippen MR) is 101 cm³/mol. The number of nitrogens with one attached hydrogen (secondary N) is 2. The Bertz CT molecular complexity index is 925. The number of aromatic nitrogens is 1. The van der Waals surface area contributed by atoms with Crippen molar-refractivity contribution in [2.24, 2.45) is 0 Å². The van der Waals surface area contributed by atoms with Gasteiger partial charge in [-0.1, -0.05) is 6.07 Å². The van der Waals surface area contributed by atoms with Crippen LogP contribution < -0.4 is 10.6 Å². The molecule has 1 amide bonds. The van der Waals surface area contributed by atoms with E-state index in [9.17, 15) is 14.9 Å².